The Bertz CT molecular complexity index is 764. The van der Waals surface area contributed by atoms with E-state index >= 15 is 0 Å². The molecule has 0 radical (unpaired) electrons. The van der Waals surface area contributed by atoms with Gasteiger partial charge < -0.3 is 15.4 Å². The Balaban J connectivity index is 1.96. The number of fused-ring (bicyclic) bond motifs is 1. The van der Waals surface area contributed by atoms with E-state index in [1.54, 1.807) is 6.07 Å². The normalized spacial score (nSPS) is 12.7. The molecule has 3 aromatic rings. The number of rotatable bonds is 4. The molecule has 1 atom stereocenters. The van der Waals surface area contributed by atoms with Crippen LogP contribution < -0.4 is 5.73 Å². The third-order valence-corrected chi connectivity index (χ3v) is 3.78. The van der Waals surface area contributed by atoms with E-state index in [9.17, 15) is 5.11 Å². The highest BCUT2D eigenvalue weighted by molar-refractivity contribution is 5.75. The molecule has 108 valence electrons. The molecular formula is C17H19N3O. The van der Waals surface area contributed by atoms with Gasteiger partial charge in [0.1, 0.15) is 5.82 Å². The van der Waals surface area contributed by atoms with Crippen molar-refractivity contribution in [2.24, 2.45) is 0 Å². The summed E-state index contributed by atoms with van der Waals surface area (Å²) in [5, 5.41) is 10.5. The molecule has 0 fully saturated rings. The molecular weight excluding hydrogens is 262 g/mol. The number of aliphatic hydroxyl groups excluding tert-OH is 1. The predicted octanol–water partition coefficient (Wildman–Crippen LogP) is 2.91. The number of nitrogens with zero attached hydrogens (tertiary/aromatic N) is 2. The minimum Gasteiger partial charge on any atom is -0.398 e. The first kappa shape index (κ1) is 13.6. The van der Waals surface area contributed by atoms with Crippen molar-refractivity contribution in [3.05, 3.63) is 59.9 Å². The fraction of sp³-hybridized carbons (Fsp3) is 0.235. The maximum atomic E-state index is 10.5. The van der Waals surface area contributed by atoms with Crippen molar-refractivity contribution >= 4 is 16.7 Å². The lowest BCUT2D eigenvalue weighted by atomic mass is 10.0. The van der Waals surface area contributed by atoms with Crippen LogP contribution in [0.15, 0.2) is 48.5 Å². The lowest BCUT2D eigenvalue weighted by Crippen LogP contribution is -2.10. The van der Waals surface area contributed by atoms with Crippen molar-refractivity contribution in [2.75, 3.05) is 5.73 Å². The maximum absolute atomic E-state index is 10.5. The fourth-order valence-electron chi connectivity index (χ4n) is 2.73. The van der Waals surface area contributed by atoms with Gasteiger partial charge in [-0.1, -0.05) is 30.3 Å². The zero-order valence-electron chi connectivity index (χ0n) is 12.0. The summed E-state index contributed by atoms with van der Waals surface area (Å²) in [4.78, 5) is 4.64. The number of nitrogen functional groups attached to an aromatic ring is 1. The van der Waals surface area contributed by atoms with Crippen LogP contribution in [0.1, 0.15) is 24.4 Å². The molecule has 0 aliphatic carbocycles. The highest BCUT2D eigenvalue weighted by Crippen LogP contribution is 2.25. The van der Waals surface area contributed by atoms with Gasteiger partial charge in [-0.05, 0) is 25.1 Å². The lowest BCUT2D eigenvalue weighted by molar-refractivity contribution is 0.175. The minimum atomic E-state index is -0.645. The molecule has 0 bridgehead atoms. The highest BCUT2D eigenvalue weighted by Gasteiger charge is 2.16. The number of para-hydroxylation sites is 3. The molecule has 4 heteroatoms. The second kappa shape index (κ2) is 5.58. The number of hydrogen-bond acceptors (Lipinski definition) is 3. The number of aliphatic hydroxyl groups is 1. The number of imidazole rings is 1. The topological polar surface area (TPSA) is 64.1 Å². The number of aromatic nitrogens is 2. The van der Waals surface area contributed by atoms with Crippen molar-refractivity contribution < 1.29 is 5.11 Å². The molecule has 0 saturated carbocycles. The Labute approximate surface area is 123 Å². The van der Waals surface area contributed by atoms with E-state index in [1.807, 2.05) is 36.4 Å². The second-order valence-corrected chi connectivity index (χ2v) is 5.11. The van der Waals surface area contributed by atoms with Crippen LogP contribution in [0.2, 0.25) is 0 Å². The Morgan fingerprint density at radius 3 is 2.62 bits per heavy atom. The zero-order valence-corrected chi connectivity index (χ0v) is 12.0. The van der Waals surface area contributed by atoms with E-state index in [-0.39, 0.29) is 0 Å². The van der Waals surface area contributed by atoms with Gasteiger partial charge >= 0.3 is 0 Å². The summed E-state index contributed by atoms with van der Waals surface area (Å²) in [5.41, 5.74) is 9.37. The van der Waals surface area contributed by atoms with E-state index in [0.717, 1.165) is 29.0 Å². The van der Waals surface area contributed by atoms with Crippen LogP contribution in [0.5, 0.6) is 0 Å². The Kier molecular flexibility index (Phi) is 3.62. The van der Waals surface area contributed by atoms with Gasteiger partial charge in [0.2, 0.25) is 0 Å². The lowest BCUT2D eigenvalue weighted by Gasteiger charge is -2.14. The number of benzene rings is 2. The first-order chi connectivity index (χ1) is 10.2. The molecule has 21 heavy (non-hydrogen) atoms. The molecule has 0 amide bonds. The summed E-state index contributed by atoms with van der Waals surface area (Å²) < 4.78 is 2.14. The van der Waals surface area contributed by atoms with Gasteiger partial charge in [-0.25, -0.2) is 4.98 Å². The largest absolute Gasteiger partial charge is 0.398 e. The van der Waals surface area contributed by atoms with Gasteiger partial charge in [-0.3, -0.25) is 0 Å². The number of hydrogen-bond donors (Lipinski definition) is 2. The van der Waals surface area contributed by atoms with Crippen LogP contribution in [0.25, 0.3) is 11.0 Å². The Morgan fingerprint density at radius 1 is 1.14 bits per heavy atom. The molecule has 4 nitrogen and oxygen atoms in total. The summed E-state index contributed by atoms with van der Waals surface area (Å²) in [6, 6.07) is 15.5. The molecule has 1 heterocycles. The van der Waals surface area contributed by atoms with Gasteiger partial charge in [0.05, 0.1) is 17.1 Å². The van der Waals surface area contributed by atoms with E-state index < -0.39 is 6.10 Å². The molecule has 0 aliphatic heterocycles. The van der Waals surface area contributed by atoms with E-state index in [0.29, 0.717) is 12.1 Å². The molecule has 0 spiro atoms. The van der Waals surface area contributed by atoms with Crippen LogP contribution in [-0.2, 0) is 13.0 Å². The summed E-state index contributed by atoms with van der Waals surface area (Å²) in [5.74, 6) is 0.884. The molecule has 0 saturated heterocycles. The van der Waals surface area contributed by atoms with Crippen LogP contribution in [0, 0.1) is 0 Å². The van der Waals surface area contributed by atoms with Gasteiger partial charge in [-0.2, -0.15) is 0 Å². The number of aryl methyl sites for hydroxylation is 1. The summed E-state index contributed by atoms with van der Waals surface area (Å²) in [7, 11) is 0. The molecule has 3 N–H and O–H groups in total. The van der Waals surface area contributed by atoms with Gasteiger partial charge in [0.25, 0.3) is 0 Å². The van der Waals surface area contributed by atoms with Gasteiger partial charge in [0, 0.05) is 24.2 Å². The van der Waals surface area contributed by atoms with Gasteiger partial charge in [0.15, 0.2) is 0 Å². The van der Waals surface area contributed by atoms with Crippen molar-refractivity contribution in [1.82, 2.24) is 9.55 Å². The minimum absolute atomic E-state index is 0.455. The summed E-state index contributed by atoms with van der Waals surface area (Å²) in [6.07, 6.45) is -0.190. The fourth-order valence-corrected chi connectivity index (χ4v) is 2.73. The van der Waals surface area contributed by atoms with Crippen LogP contribution >= 0.6 is 0 Å². The summed E-state index contributed by atoms with van der Waals surface area (Å²) in [6.45, 7) is 2.91. The molecule has 1 aromatic heterocycles. The Morgan fingerprint density at radius 2 is 1.86 bits per heavy atom. The average molecular weight is 281 g/mol. The van der Waals surface area contributed by atoms with Crippen LogP contribution in [-0.4, -0.2) is 14.7 Å². The molecule has 2 aromatic carbocycles. The predicted molar refractivity (Wildman–Crippen MR) is 84.9 cm³/mol. The molecule has 3 rings (SSSR count). The SMILES string of the molecule is CCn1c(CC(O)c2ccccc2N)nc2ccccc21. The smallest absolute Gasteiger partial charge is 0.112 e. The molecule has 1 unspecified atom stereocenters. The van der Waals surface area contributed by atoms with E-state index in [2.05, 4.69) is 22.5 Å². The third kappa shape index (κ3) is 2.50. The standard InChI is InChI=1S/C17H19N3O/c1-2-20-15-10-6-5-9-14(15)19-17(20)11-16(21)12-7-3-4-8-13(12)18/h3-10,16,21H,2,11,18H2,1H3. The van der Waals surface area contributed by atoms with Gasteiger partial charge in [-0.15, -0.1) is 0 Å². The maximum Gasteiger partial charge on any atom is 0.112 e. The summed E-state index contributed by atoms with van der Waals surface area (Å²) >= 11 is 0. The number of nitrogens with two attached hydrogens (primary N) is 1. The second-order valence-electron chi connectivity index (χ2n) is 5.11. The van der Waals surface area contributed by atoms with Crippen molar-refractivity contribution in [2.45, 2.75) is 26.0 Å². The van der Waals surface area contributed by atoms with E-state index in [4.69, 9.17) is 5.73 Å². The van der Waals surface area contributed by atoms with Crippen molar-refractivity contribution in [3.8, 4) is 0 Å². The number of anilines is 1. The van der Waals surface area contributed by atoms with E-state index in [1.165, 1.54) is 0 Å². The highest BCUT2D eigenvalue weighted by atomic mass is 16.3. The van der Waals surface area contributed by atoms with Crippen LogP contribution in [0.3, 0.4) is 0 Å². The monoisotopic (exact) mass is 281 g/mol. The van der Waals surface area contributed by atoms with Crippen molar-refractivity contribution in [3.63, 3.8) is 0 Å². The zero-order chi connectivity index (χ0) is 14.8. The first-order valence-corrected chi connectivity index (χ1v) is 7.17. The van der Waals surface area contributed by atoms with Crippen LogP contribution in [0.4, 0.5) is 5.69 Å². The first-order valence-electron chi connectivity index (χ1n) is 7.17. The van der Waals surface area contributed by atoms with Crippen molar-refractivity contribution in [1.29, 1.82) is 0 Å². The molecule has 0 aliphatic rings. The Hall–Kier alpha value is -2.33. The third-order valence-electron chi connectivity index (χ3n) is 3.78. The quantitative estimate of drug-likeness (QED) is 0.723. The average Bonchev–Trinajstić information content (AvgIpc) is 2.84.